The van der Waals surface area contributed by atoms with Gasteiger partial charge in [0.15, 0.2) is 0 Å². The molecule has 1 fully saturated rings. The normalized spacial score (nSPS) is 24.6. The van der Waals surface area contributed by atoms with Crippen LogP contribution in [0.2, 0.25) is 0 Å². The fourth-order valence-electron chi connectivity index (χ4n) is 3.08. The van der Waals surface area contributed by atoms with Gasteiger partial charge in [0.25, 0.3) is 5.91 Å². The zero-order valence-electron chi connectivity index (χ0n) is 15.8. The number of rotatable bonds is 3. The Hall–Kier alpha value is -1.92. The average Bonchev–Trinajstić information content (AvgIpc) is 2.56. The van der Waals surface area contributed by atoms with Crippen LogP contribution in [0.5, 0.6) is 0 Å². The molecule has 6 heteroatoms. The van der Waals surface area contributed by atoms with Gasteiger partial charge < -0.3 is 9.84 Å². The molecule has 0 aromatic heterocycles. The number of aliphatic hydroxyl groups is 1. The van der Waals surface area contributed by atoms with E-state index in [4.69, 9.17) is 4.74 Å². The number of carbonyl (C=O) groups is 2. The molecule has 0 bridgehead atoms. The van der Waals surface area contributed by atoms with Gasteiger partial charge in [-0.1, -0.05) is 58.0 Å². The molecule has 2 rings (SSSR count). The summed E-state index contributed by atoms with van der Waals surface area (Å²) in [5, 5.41) is 13.0. The number of hydrazine groups is 1. The third kappa shape index (κ3) is 3.85. The molecule has 2 amide bonds. The largest absolute Gasteiger partial charge is 0.438 e. The molecular formula is C19H28N2O4. The Morgan fingerprint density at radius 3 is 2.32 bits per heavy atom. The van der Waals surface area contributed by atoms with Crippen LogP contribution in [0, 0.1) is 11.3 Å². The number of likely N-dealkylation sites (N-methyl/N-ethyl adjacent to an activating group) is 1. The number of hydrogen-bond donors (Lipinski definition) is 1. The van der Waals surface area contributed by atoms with E-state index in [1.807, 2.05) is 58.0 Å². The maximum absolute atomic E-state index is 12.8. The van der Waals surface area contributed by atoms with E-state index >= 15 is 0 Å². The molecule has 1 aliphatic heterocycles. The average molecular weight is 348 g/mol. The van der Waals surface area contributed by atoms with Crippen molar-refractivity contribution in [1.29, 1.82) is 0 Å². The number of ether oxygens (including phenoxy) is 1. The minimum absolute atomic E-state index is 0.219. The lowest BCUT2D eigenvalue weighted by Crippen LogP contribution is -2.60. The summed E-state index contributed by atoms with van der Waals surface area (Å²) in [6, 6.07) is 9.23. The molecule has 1 aromatic rings. The molecule has 0 aliphatic carbocycles. The molecule has 138 valence electrons. The maximum Gasteiger partial charge on any atom is 0.432 e. The lowest BCUT2D eigenvalue weighted by Gasteiger charge is -2.44. The highest BCUT2D eigenvalue weighted by molar-refractivity contribution is 5.93. The van der Waals surface area contributed by atoms with Gasteiger partial charge in [-0.05, 0) is 17.9 Å². The van der Waals surface area contributed by atoms with Gasteiger partial charge in [0.2, 0.25) is 0 Å². The number of carbonyl (C=O) groups excluding carboxylic acids is 2. The standard InChI is InChI=1S/C19H28N2O4/c1-12(16(22)19(3,4)5)17(23)21-18(24)25-15(13(2)20(21)6)14-10-8-7-9-11-14/h7-13,15-16,22H,1-6H3/t12-,13-,15-,16-/m0/s1. The van der Waals surface area contributed by atoms with Crippen molar-refractivity contribution in [2.24, 2.45) is 11.3 Å². The molecule has 1 N–H and O–H groups in total. The first-order chi connectivity index (χ1) is 11.6. The quantitative estimate of drug-likeness (QED) is 0.909. The van der Waals surface area contributed by atoms with Gasteiger partial charge in [-0.2, -0.15) is 5.01 Å². The number of benzene rings is 1. The van der Waals surface area contributed by atoms with E-state index in [1.165, 1.54) is 0 Å². The first-order valence-electron chi connectivity index (χ1n) is 8.56. The molecule has 25 heavy (non-hydrogen) atoms. The Morgan fingerprint density at radius 2 is 1.80 bits per heavy atom. The maximum atomic E-state index is 12.8. The van der Waals surface area contributed by atoms with Crippen LogP contribution in [0.25, 0.3) is 0 Å². The van der Waals surface area contributed by atoms with E-state index in [0.29, 0.717) is 0 Å². The van der Waals surface area contributed by atoms with Gasteiger partial charge in [0.05, 0.1) is 18.1 Å². The Morgan fingerprint density at radius 1 is 1.24 bits per heavy atom. The van der Waals surface area contributed by atoms with Crippen LogP contribution in [0.1, 0.15) is 46.3 Å². The van der Waals surface area contributed by atoms with Crippen LogP contribution in [0.3, 0.4) is 0 Å². The Bertz CT molecular complexity index is 626. The van der Waals surface area contributed by atoms with E-state index < -0.39 is 35.5 Å². The van der Waals surface area contributed by atoms with Crippen LogP contribution < -0.4 is 0 Å². The highest BCUT2D eigenvalue weighted by Gasteiger charge is 2.45. The first kappa shape index (κ1) is 19.4. The number of cyclic esters (lactones) is 1. The van der Waals surface area contributed by atoms with Crippen molar-refractivity contribution in [2.45, 2.75) is 52.9 Å². The number of amides is 2. The summed E-state index contributed by atoms with van der Waals surface area (Å²) < 4.78 is 5.55. The van der Waals surface area contributed by atoms with Gasteiger partial charge in [0.1, 0.15) is 6.10 Å². The Balaban J connectivity index is 2.22. The Labute approximate surface area is 149 Å². The zero-order chi connectivity index (χ0) is 18.9. The van der Waals surface area contributed by atoms with Crippen molar-refractivity contribution in [3.63, 3.8) is 0 Å². The van der Waals surface area contributed by atoms with Crippen LogP contribution in [-0.2, 0) is 9.53 Å². The van der Waals surface area contributed by atoms with Crippen LogP contribution in [0.15, 0.2) is 30.3 Å². The number of imide groups is 1. The highest BCUT2D eigenvalue weighted by Crippen LogP contribution is 2.33. The Kier molecular flexibility index (Phi) is 5.54. The van der Waals surface area contributed by atoms with Crippen LogP contribution in [-0.4, -0.2) is 46.3 Å². The lowest BCUT2D eigenvalue weighted by atomic mass is 9.81. The third-order valence-electron chi connectivity index (χ3n) is 4.83. The summed E-state index contributed by atoms with van der Waals surface area (Å²) in [4.78, 5) is 25.3. The van der Waals surface area contributed by atoms with E-state index in [1.54, 1.807) is 19.0 Å². The molecule has 1 aliphatic rings. The molecule has 0 saturated carbocycles. The second-order valence-corrected chi connectivity index (χ2v) is 7.78. The number of nitrogens with zero attached hydrogens (tertiary/aromatic N) is 2. The highest BCUT2D eigenvalue weighted by atomic mass is 16.6. The summed E-state index contributed by atoms with van der Waals surface area (Å²) in [5.74, 6) is -1.19. The van der Waals surface area contributed by atoms with E-state index in [9.17, 15) is 14.7 Å². The van der Waals surface area contributed by atoms with Gasteiger partial charge in [-0.3, -0.25) is 4.79 Å². The van der Waals surface area contributed by atoms with Gasteiger partial charge in [-0.15, -0.1) is 0 Å². The SMILES string of the molecule is C[C@H](C(=O)N1C(=O)O[C@H](c2ccccc2)[C@H](C)N1C)[C@H](O)C(C)(C)C. The number of aliphatic hydroxyl groups excluding tert-OH is 1. The number of hydrogen-bond acceptors (Lipinski definition) is 5. The summed E-state index contributed by atoms with van der Waals surface area (Å²) in [6.07, 6.45) is -2.04. The topological polar surface area (TPSA) is 70.1 Å². The van der Waals surface area contributed by atoms with Crippen molar-refractivity contribution in [3.05, 3.63) is 35.9 Å². The fourth-order valence-corrected chi connectivity index (χ4v) is 3.08. The third-order valence-corrected chi connectivity index (χ3v) is 4.83. The minimum Gasteiger partial charge on any atom is -0.438 e. The fraction of sp³-hybridized carbons (Fsp3) is 0.579. The zero-order valence-corrected chi connectivity index (χ0v) is 15.8. The second kappa shape index (κ2) is 7.14. The second-order valence-electron chi connectivity index (χ2n) is 7.78. The molecule has 4 atom stereocenters. The van der Waals surface area contributed by atoms with Gasteiger partial charge in [0, 0.05) is 7.05 Å². The molecule has 1 heterocycles. The van der Waals surface area contributed by atoms with E-state index in [-0.39, 0.29) is 6.04 Å². The van der Waals surface area contributed by atoms with Crippen molar-refractivity contribution < 1.29 is 19.4 Å². The molecular weight excluding hydrogens is 320 g/mol. The van der Waals surface area contributed by atoms with Crippen molar-refractivity contribution >= 4 is 12.0 Å². The minimum atomic E-state index is -0.872. The van der Waals surface area contributed by atoms with Crippen molar-refractivity contribution in [2.75, 3.05) is 7.05 Å². The smallest absolute Gasteiger partial charge is 0.432 e. The first-order valence-corrected chi connectivity index (χ1v) is 8.56. The van der Waals surface area contributed by atoms with Gasteiger partial charge >= 0.3 is 6.09 Å². The molecule has 0 spiro atoms. The summed E-state index contributed by atoms with van der Waals surface area (Å²) in [5.41, 5.74) is 0.413. The predicted molar refractivity (Wildman–Crippen MR) is 94.4 cm³/mol. The lowest BCUT2D eigenvalue weighted by molar-refractivity contribution is -0.171. The summed E-state index contributed by atoms with van der Waals surface area (Å²) in [6.45, 7) is 9.10. The molecule has 1 aromatic carbocycles. The van der Waals surface area contributed by atoms with E-state index in [0.717, 1.165) is 10.6 Å². The molecule has 6 nitrogen and oxygen atoms in total. The summed E-state index contributed by atoms with van der Waals surface area (Å²) >= 11 is 0. The molecule has 0 unspecified atom stereocenters. The van der Waals surface area contributed by atoms with Crippen molar-refractivity contribution in [3.8, 4) is 0 Å². The molecule has 0 radical (unpaired) electrons. The van der Waals surface area contributed by atoms with Gasteiger partial charge in [-0.25, -0.2) is 9.80 Å². The monoisotopic (exact) mass is 348 g/mol. The van der Waals surface area contributed by atoms with Crippen LogP contribution >= 0.6 is 0 Å². The van der Waals surface area contributed by atoms with Crippen molar-refractivity contribution in [1.82, 2.24) is 10.0 Å². The van der Waals surface area contributed by atoms with Crippen LogP contribution in [0.4, 0.5) is 4.79 Å². The molecule has 1 saturated heterocycles. The predicted octanol–water partition coefficient (Wildman–Crippen LogP) is 2.98. The van der Waals surface area contributed by atoms with E-state index in [2.05, 4.69) is 0 Å². The summed E-state index contributed by atoms with van der Waals surface area (Å²) in [7, 11) is 1.69.